The first-order chi connectivity index (χ1) is 27.1. The zero-order valence-corrected chi connectivity index (χ0v) is 36.3. The molecule has 2 atom stereocenters. The van der Waals surface area contributed by atoms with Gasteiger partial charge in [-0.2, -0.15) is 0 Å². The van der Waals surface area contributed by atoms with Gasteiger partial charge < -0.3 is 28.6 Å². The first-order valence-corrected chi connectivity index (χ1v) is 22.0. The molecule has 0 saturated heterocycles. The number of carboxylic acid groups (broad SMARTS) is 1. The molecule has 0 rings (SSSR count). The maximum Gasteiger partial charge on any atom is 0.306 e. The van der Waals surface area contributed by atoms with Crippen molar-refractivity contribution in [2.45, 2.75) is 174 Å². The number of unbranched alkanes of at least 4 members (excludes halogenated alkanes) is 12. The van der Waals surface area contributed by atoms with Crippen LogP contribution in [0.15, 0.2) is 72.9 Å². The Morgan fingerprint density at radius 1 is 0.536 bits per heavy atom. The van der Waals surface area contributed by atoms with Gasteiger partial charge in [-0.1, -0.05) is 132 Å². The number of rotatable bonds is 38. The zero-order chi connectivity index (χ0) is 41.4. The third-order valence-corrected chi connectivity index (χ3v) is 9.32. The Bertz CT molecular complexity index is 1140. The third-order valence-electron chi connectivity index (χ3n) is 9.32. The highest BCUT2D eigenvalue weighted by molar-refractivity contribution is 5.70. The molecule has 0 amide bonds. The number of hydrogen-bond acceptors (Lipinski definition) is 7. The number of carbonyl (C=O) groups excluding carboxylic acids is 3. The Morgan fingerprint density at radius 2 is 0.964 bits per heavy atom. The average molecular weight is 784 g/mol. The Morgan fingerprint density at radius 3 is 1.50 bits per heavy atom. The molecule has 8 heteroatoms. The van der Waals surface area contributed by atoms with Gasteiger partial charge in [0.1, 0.15) is 12.6 Å². The highest BCUT2D eigenvalue weighted by Crippen LogP contribution is 2.12. The van der Waals surface area contributed by atoms with Crippen LogP contribution >= 0.6 is 0 Å². The first-order valence-electron chi connectivity index (χ1n) is 22.0. The van der Waals surface area contributed by atoms with Crippen LogP contribution in [-0.2, 0) is 28.6 Å². The molecule has 0 aromatic carbocycles. The highest BCUT2D eigenvalue weighted by atomic mass is 16.6. The number of quaternary nitrogens is 1. The van der Waals surface area contributed by atoms with Gasteiger partial charge in [-0.25, -0.2) is 0 Å². The van der Waals surface area contributed by atoms with Gasteiger partial charge in [0.2, 0.25) is 0 Å². The highest BCUT2D eigenvalue weighted by Gasteiger charge is 2.25. The number of carboxylic acids is 1. The molecule has 8 nitrogen and oxygen atoms in total. The Hall–Kier alpha value is -3.23. The van der Waals surface area contributed by atoms with E-state index in [4.69, 9.17) is 14.2 Å². The molecule has 0 bridgehead atoms. The molecule has 0 fully saturated rings. The van der Waals surface area contributed by atoms with Crippen LogP contribution in [-0.4, -0.2) is 75.5 Å². The van der Waals surface area contributed by atoms with Crippen molar-refractivity contribution in [2.75, 3.05) is 41.0 Å². The largest absolute Gasteiger partial charge is 0.544 e. The van der Waals surface area contributed by atoms with Crippen molar-refractivity contribution in [1.29, 1.82) is 0 Å². The van der Waals surface area contributed by atoms with Crippen molar-refractivity contribution in [2.24, 2.45) is 0 Å². The number of aliphatic carboxylic acids is 1. The monoisotopic (exact) mass is 784 g/mol. The van der Waals surface area contributed by atoms with Crippen molar-refractivity contribution >= 4 is 17.9 Å². The number of likely N-dealkylation sites (N-methyl/N-ethyl adjacent to an activating group) is 1. The van der Waals surface area contributed by atoms with E-state index in [1.165, 1.54) is 44.9 Å². The molecule has 0 spiro atoms. The van der Waals surface area contributed by atoms with Crippen molar-refractivity contribution in [3.63, 3.8) is 0 Å². The molecule has 0 heterocycles. The number of esters is 2. The van der Waals surface area contributed by atoms with Crippen molar-refractivity contribution < 1.29 is 38.2 Å². The maximum absolute atomic E-state index is 12.7. The van der Waals surface area contributed by atoms with Gasteiger partial charge in [0.25, 0.3) is 0 Å². The van der Waals surface area contributed by atoms with Gasteiger partial charge in [0, 0.05) is 19.3 Å². The lowest BCUT2D eigenvalue weighted by Crippen LogP contribution is -2.55. The predicted octanol–water partition coefficient (Wildman–Crippen LogP) is 10.6. The summed E-state index contributed by atoms with van der Waals surface area (Å²) < 4.78 is 17.1. The van der Waals surface area contributed by atoms with E-state index in [1.807, 2.05) is 0 Å². The zero-order valence-electron chi connectivity index (χ0n) is 36.3. The molecule has 0 aliphatic rings. The summed E-state index contributed by atoms with van der Waals surface area (Å²) in [6.45, 7) is 4.52. The van der Waals surface area contributed by atoms with Crippen LogP contribution in [0.1, 0.15) is 162 Å². The molecule has 320 valence electrons. The van der Waals surface area contributed by atoms with Crippen LogP contribution in [0, 0.1) is 0 Å². The third kappa shape index (κ3) is 36.4. The van der Waals surface area contributed by atoms with E-state index in [2.05, 4.69) is 86.8 Å². The van der Waals surface area contributed by atoms with Crippen molar-refractivity contribution in [1.82, 2.24) is 0 Å². The number of nitrogens with zero attached hydrogens (tertiary/aromatic N) is 1. The second kappa shape index (κ2) is 38.6. The Labute approximate surface area is 342 Å². The number of carbonyl (C=O) groups is 3. The minimum absolute atomic E-state index is 0.0169. The molecule has 0 radical (unpaired) electrons. The van der Waals surface area contributed by atoms with E-state index < -0.39 is 18.1 Å². The fourth-order valence-electron chi connectivity index (χ4n) is 5.83. The van der Waals surface area contributed by atoms with E-state index in [0.29, 0.717) is 12.8 Å². The Kier molecular flexibility index (Phi) is 36.4. The molecule has 0 aromatic rings. The molecule has 0 aliphatic heterocycles. The van der Waals surface area contributed by atoms with Gasteiger partial charge >= 0.3 is 11.9 Å². The summed E-state index contributed by atoms with van der Waals surface area (Å²) in [7, 11) is 5.38. The van der Waals surface area contributed by atoms with Crippen molar-refractivity contribution in [3.05, 3.63) is 72.9 Å². The maximum atomic E-state index is 12.7. The topological polar surface area (TPSA) is 102 Å². The van der Waals surface area contributed by atoms with Crippen LogP contribution in [0.25, 0.3) is 0 Å². The quantitative estimate of drug-likeness (QED) is 0.0266. The number of allylic oxidation sites excluding steroid dienone is 12. The lowest BCUT2D eigenvalue weighted by atomic mass is 10.1. The second-order valence-electron chi connectivity index (χ2n) is 15.6. The molecule has 0 aliphatic carbocycles. The van der Waals surface area contributed by atoms with Crippen molar-refractivity contribution in [3.8, 4) is 0 Å². The molecule has 0 saturated carbocycles. The van der Waals surface area contributed by atoms with Gasteiger partial charge in [-0.3, -0.25) is 9.59 Å². The smallest absolute Gasteiger partial charge is 0.306 e. The molecule has 0 aromatic heterocycles. The molecular formula is C48H81NO7. The summed E-state index contributed by atoms with van der Waals surface area (Å²) in [5.41, 5.74) is 0. The summed E-state index contributed by atoms with van der Waals surface area (Å²) in [5, 5.41) is 11.6. The summed E-state index contributed by atoms with van der Waals surface area (Å²) in [4.78, 5) is 36.8. The second-order valence-corrected chi connectivity index (χ2v) is 15.6. The van der Waals surface area contributed by atoms with E-state index in [-0.39, 0.29) is 49.1 Å². The van der Waals surface area contributed by atoms with E-state index in [9.17, 15) is 19.5 Å². The number of hydrogen-bond donors (Lipinski definition) is 0. The lowest BCUT2D eigenvalue weighted by molar-refractivity contribution is -0.889. The Balaban J connectivity index is 4.44. The van der Waals surface area contributed by atoms with E-state index >= 15 is 0 Å². The number of ether oxygens (including phenoxy) is 3. The fraction of sp³-hybridized carbons (Fsp3) is 0.688. The van der Waals surface area contributed by atoms with Gasteiger partial charge in [0.15, 0.2) is 6.10 Å². The van der Waals surface area contributed by atoms with Crippen LogP contribution in [0.4, 0.5) is 0 Å². The summed E-state index contributed by atoms with van der Waals surface area (Å²) in [6.07, 6.45) is 47.9. The minimum Gasteiger partial charge on any atom is -0.544 e. The first kappa shape index (κ1) is 52.8. The normalized spacial score (nSPS) is 13.7. The van der Waals surface area contributed by atoms with Gasteiger partial charge in [0.05, 0.1) is 40.3 Å². The minimum atomic E-state index is -1.14. The van der Waals surface area contributed by atoms with E-state index in [1.54, 1.807) is 21.1 Å². The summed E-state index contributed by atoms with van der Waals surface area (Å²) in [6, 6.07) is -0.737. The van der Waals surface area contributed by atoms with Crippen LogP contribution in [0.2, 0.25) is 0 Å². The standard InChI is InChI=1S/C48H81NO7/c1-6-8-10-12-14-16-18-19-20-21-22-23-24-25-26-27-29-31-33-35-37-39-47(51)56-44(42-54-41-40-45(48(52)53)49(3,4)5)43-55-46(50)38-36-34-32-30-28-17-15-13-11-9-7-2/h13-16,19-20,22-23,25-26,29,31,44-45H,6-12,17-18,21,24,27-28,30,32-43H2,1-5H3/b15-13+,16-14+,20-19+,23-22+,26-25+,31-29+. The summed E-state index contributed by atoms with van der Waals surface area (Å²) in [5.74, 6) is -1.81. The van der Waals surface area contributed by atoms with Crippen LogP contribution in [0.5, 0.6) is 0 Å². The average Bonchev–Trinajstić information content (AvgIpc) is 3.15. The predicted molar refractivity (Wildman–Crippen MR) is 231 cm³/mol. The molecule has 2 unspecified atom stereocenters. The lowest BCUT2D eigenvalue weighted by Gasteiger charge is -2.34. The van der Waals surface area contributed by atoms with Gasteiger partial charge in [-0.15, -0.1) is 0 Å². The fourth-order valence-corrected chi connectivity index (χ4v) is 5.83. The van der Waals surface area contributed by atoms with Crippen LogP contribution < -0.4 is 5.11 Å². The summed E-state index contributed by atoms with van der Waals surface area (Å²) >= 11 is 0. The SMILES string of the molecule is CCCC/C=C/CCCCCCCC(=O)OCC(COCCC(C(=O)[O-])[N+](C)(C)C)OC(=O)CCCC/C=C/C/C=C/C/C=C/C/C=C/C/C=C/CCCCC. The van der Waals surface area contributed by atoms with E-state index in [0.717, 1.165) is 77.0 Å². The molecular weight excluding hydrogens is 703 g/mol. The van der Waals surface area contributed by atoms with Gasteiger partial charge in [-0.05, 0) is 83.5 Å². The molecule has 0 N–H and O–H groups in total. The molecule has 56 heavy (non-hydrogen) atoms. The van der Waals surface area contributed by atoms with Crippen LogP contribution in [0.3, 0.4) is 0 Å².